The molecule has 3 aromatic carbocycles. The summed E-state index contributed by atoms with van der Waals surface area (Å²) in [4.78, 5) is 37.6. The largest absolute Gasteiger partial charge is 0.480 e. The lowest BCUT2D eigenvalue weighted by atomic mass is 10.1. The number of hydrogen-bond acceptors (Lipinski definition) is 5. The molecular weight excluding hydrogens is 441 g/mol. The van der Waals surface area contributed by atoms with E-state index in [-0.39, 0.29) is 36.1 Å². The van der Waals surface area contributed by atoms with Crippen molar-refractivity contribution in [3.05, 3.63) is 99.4 Å². The molecule has 8 nitrogen and oxygen atoms in total. The first-order valence-electron chi connectivity index (χ1n) is 10.7. The van der Waals surface area contributed by atoms with Crippen LogP contribution in [0.15, 0.2) is 66.7 Å². The van der Waals surface area contributed by atoms with Gasteiger partial charge in [0, 0.05) is 42.0 Å². The van der Waals surface area contributed by atoms with Crippen molar-refractivity contribution >= 4 is 23.2 Å². The van der Waals surface area contributed by atoms with E-state index in [1.807, 2.05) is 6.92 Å². The number of nitrogens with zero attached hydrogens (tertiary/aromatic N) is 2. The molecule has 1 N–H and O–H groups in total. The van der Waals surface area contributed by atoms with E-state index < -0.39 is 16.9 Å². The summed E-state index contributed by atoms with van der Waals surface area (Å²) in [6.07, 6.45) is -0.168. The third-order valence-corrected chi connectivity index (χ3v) is 5.53. The number of carbonyl (C=O) groups excluding carboxylic acids is 2. The van der Waals surface area contributed by atoms with Crippen LogP contribution in [0.1, 0.15) is 34.8 Å². The fourth-order valence-electron chi connectivity index (χ4n) is 3.73. The summed E-state index contributed by atoms with van der Waals surface area (Å²) >= 11 is 0. The van der Waals surface area contributed by atoms with Gasteiger partial charge in [-0.25, -0.2) is 4.39 Å². The highest BCUT2D eigenvalue weighted by molar-refractivity contribution is 6.04. The fraction of sp³-hybridized carbons (Fsp3) is 0.200. The van der Waals surface area contributed by atoms with Gasteiger partial charge in [0.1, 0.15) is 11.6 Å². The molecule has 2 amide bonds. The highest BCUT2D eigenvalue weighted by Crippen LogP contribution is 2.30. The standard InChI is InChI=1S/C25H22FN3O5/c1-2-22-25(31)28(14-16-3-7-19(26)8-4-16)15-18-13-20(9-12-23(18)34-22)27-24(30)17-5-10-21(11-6-17)29(32)33/h3-13,22H,2,14-15H2,1H3,(H,27,30). The number of amides is 2. The maximum absolute atomic E-state index is 13.3. The van der Waals surface area contributed by atoms with Crippen LogP contribution in [0.25, 0.3) is 0 Å². The molecule has 0 saturated heterocycles. The van der Waals surface area contributed by atoms with Gasteiger partial charge in [0.2, 0.25) is 0 Å². The Morgan fingerprint density at radius 2 is 1.85 bits per heavy atom. The number of hydrogen-bond donors (Lipinski definition) is 1. The Morgan fingerprint density at radius 1 is 1.15 bits per heavy atom. The summed E-state index contributed by atoms with van der Waals surface area (Å²) < 4.78 is 19.2. The maximum atomic E-state index is 13.3. The number of nitro groups is 1. The lowest BCUT2D eigenvalue weighted by Crippen LogP contribution is -2.38. The van der Waals surface area contributed by atoms with Gasteiger partial charge in [0.05, 0.1) is 4.92 Å². The first-order chi connectivity index (χ1) is 16.3. The first-order valence-corrected chi connectivity index (χ1v) is 10.7. The molecular formula is C25H22FN3O5. The van der Waals surface area contributed by atoms with Crippen molar-refractivity contribution in [3.63, 3.8) is 0 Å². The Labute approximate surface area is 195 Å². The molecule has 1 aliphatic rings. The summed E-state index contributed by atoms with van der Waals surface area (Å²) in [5, 5.41) is 13.6. The molecule has 9 heteroatoms. The highest BCUT2D eigenvalue weighted by Gasteiger charge is 2.30. The summed E-state index contributed by atoms with van der Waals surface area (Å²) in [6, 6.07) is 16.4. The summed E-state index contributed by atoms with van der Waals surface area (Å²) in [5.41, 5.74) is 2.17. The average Bonchev–Trinajstić information content (AvgIpc) is 2.96. The topological polar surface area (TPSA) is 102 Å². The second kappa shape index (κ2) is 9.70. The molecule has 0 fully saturated rings. The van der Waals surface area contributed by atoms with Crippen LogP contribution in [0.4, 0.5) is 15.8 Å². The number of rotatable bonds is 6. The molecule has 0 saturated carbocycles. The van der Waals surface area contributed by atoms with Crippen LogP contribution < -0.4 is 10.1 Å². The maximum Gasteiger partial charge on any atom is 0.269 e. The predicted molar refractivity (Wildman–Crippen MR) is 123 cm³/mol. The van der Waals surface area contributed by atoms with E-state index in [2.05, 4.69) is 5.32 Å². The molecule has 1 aliphatic heterocycles. The van der Waals surface area contributed by atoms with E-state index in [9.17, 15) is 24.1 Å². The van der Waals surface area contributed by atoms with Crippen LogP contribution in [0.5, 0.6) is 5.75 Å². The smallest absolute Gasteiger partial charge is 0.269 e. The molecule has 0 bridgehead atoms. The monoisotopic (exact) mass is 463 g/mol. The zero-order valence-electron chi connectivity index (χ0n) is 18.4. The van der Waals surface area contributed by atoms with Gasteiger partial charge in [0.25, 0.3) is 17.5 Å². The Balaban J connectivity index is 1.55. The van der Waals surface area contributed by atoms with Crippen LogP contribution >= 0.6 is 0 Å². The van der Waals surface area contributed by atoms with Crippen LogP contribution in [-0.4, -0.2) is 27.7 Å². The molecule has 0 aromatic heterocycles. The molecule has 1 atom stereocenters. The molecule has 0 radical (unpaired) electrons. The van der Waals surface area contributed by atoms with E-state index in [1.54, 1.807) is 35.2 Å². The molecule has 1 unspecified atom stereocenters. The Hall–Kier alpha value is -4.27. The molecule has 4 rings (SSSR count). The zero-order chi connectivity index (χ0) is 24.2. The van der Waals surface area contributed by atoms with Crippen LogP contribution in [0, 0.1) is 15.9 Å². The third-order valence-electron chi connectivity index (χ3n) is 5.53. The lowest BCUT2D eigenvalue weighted by molar-refractivity contribution is -0.384. The predicted octanol–water partition coefficient (Wildman–Crippen LogP) is 4.69. The quantitative estimate of drug-likeness (QED) is 0.422. The lowest BCUT2D eigenvalue weighted by Gasteiger charge is -2.23. The number of halogens is 1. The van der Waals surface area contributed by atoms with Crippen molar-refractivity contribution in [3.8, 4) is 5.75 Å². The molecule has 0 spiro atoms. The minimum Gasteiger partial charge on any atom is -0.480 e. The van der Waals surface area contributed by atoms with Gasteiger partial charge < -0.3 is 15.0 Å². The SMILES string of the molecule is CCC1Oc2ccc(NC(=O)c3ccc([N+](=O)[O-])cc3)cc2CN(Cc2ccc(F)cc2)C1=O. The molecule has 0 aliphatic carbocycles. The number of nitro benzene ring substituents is 1. The third kappa shape index (κ3) is 5.03. The van der Waals surface area contributed by atoms with Gasteiger partial charge in [0.15, 0.2) is 6.10 Å². The number of carbonyl (C=O) groups is 2. The van der Waals surface area contributed by atoms with Crippen LogP contribution in [0.2, 0.25) is 0 Å². The van der Waals surface area contributed by atoms with Crippen LogP contribution in [0.3, 0.4) is 0 Å². The number of nitrogens with one attached hydrogen (secondary N) is 1. The van der Waals surface area contributed by atoms with Crippen molar-refractivity contribution in [1.82, 2.24) is 4.90 Å². The summed E-state index contributed by atoms with van der Waals surface area (Å²) in [6.45, 7) is 2.41. The van der Waals surface area contributed by atoms with Gasteiger partial charge in [-0.15, -0.1) is 0 Å². The van der Waals surface area contributed by atoms with Crippen molar-refractivity contribution in [1.29, 1.82) is 0 Å². The van der Waals surface area contributed by atoms with Crippen molar-refractivity contribution in [2.24, 2.45) is 0 Å². The Bertz CT molecular complexity index is 1230. The Morgan fingerprint density at radius 3 is 2.50 bits per heavy atom. The van der Waals surface area contributed by atoms with Gasteiger partial charge in [-0.1, -0.05) is 19.1 Å². The number of fused-ring (bicyclic) bond motifs is 1. The van der Waals surface area contributed by atoms with Gasteiger partial charge in [-0.3, -0.25) is 19.7 Å². The van der Waals surface area contributed by atoms with Crippen molar-refractivity contribution in [2.75, 3.05) is 5.32 Å². The van der Waals surface area contributed by atoms with E-state index in [4.69, 9.17) is 4.74 Å². The van der Waals surface area contributed by atoms with Gasteiger partial charge in [-0.05, 0) is 54.4 Å². The molecule has 3 aromatic rings. The number of anilines is 1. The second-order valence-corrected chi connectivity index (χ2v) is 7.92. The molecule has 1 heterocycles. The average molecular weight is 463 g/mol. The van der Waals surface area contributed by atoms with Crippen LogP contribution in [-0.2, 0) is 17.9 Å². The first kappa shape index (κ1) is 22.9. The fourth-order valence-corrected chi connectivity index (χ4v) is 3.73. The zero-order valence-corrected chi connectivity index (χ0v) is 18.4. The van der Waals surface area contributed by atoms with E-state index in [1.165, 1.54) is 36.4 Å². The second-order valence-electron chi connectivity index (χ2n) is 7.92. The van der Waals surface area contributed by atoms with E-state index in [0.29, 0.717) is 23.4 Å². The number of ether oxygens (including phenoxy) is 1. The van der Waals surface area contributed by atoms with E-state index in [0.717, 1.165) is 5.56 Å². The minimum absolute atomic E-state index is 0.102. The molecule has 34 heavy (non-hydrogen) atoms. The van der Waals surface area contributed by atoms with Crippen molar-refractivity contribution < 1.29 is 23.6 Å². The van der Waals surface area contributed by atoms with E-state index >= 15 is 0 Å². The van der Waals surface area contributed by atoms with Crippen molar-refractivity contribution in [2.45, 2.75) is 32.5 Å². The Kier molecular flexibility index (Phi) is 6.53. The normalized spacial score (nSPS) is 15.2. The van der Waals surface area contributed by atoms with Gasteiger partial charge >= 0.3 is 0 Å². The highest BCUT2D eigenvalue weighted by atomic mass is 19.1. The summed E-state index contributed by atoms with van der Waals surface area (Å²) in [5.74, 6) is -0.385. The number of benzene rings is 3. The molecule has 174 valence electrons. The summed E-state index contributed by atoms with van der Waals surface area (Å²) in [7, 11) is 0. The minimum atomic E-state index is -0.651. The number of non-ortho nitro benzene ring substituents is 1. The van der Waals surface area contributed by atoms with Gasteiger partial charge in [-0.2, -0.15) is 0 Å².